The molecule has 4 rings (SSSR count). The number of fused-ring (bicyclic) bond motifs is 1. The average molecular weight is 378 g/mol. The van der Waals surface area contributed by atoms with Gasteiger partial charge in [0.25, 0.3) is 0 Å². The second kappa shape index (κ2) is 7.99. The summed E-state index contributed by atoms with van der Waals surface area (Å²) >= 11 is 0. The summed E-state index contributed by atoms with van der Waals surface area (Å²) in [7, 11) is 0. The first-order valence-corrected chi connectivity index (χ1v) is 9.42. The predicted molar refractivity (Wildman–Crippen MR) is 106 cm³/mol. The number of para-hydroxylation sites is 1. The molecule has 26 heavy (non-hydrogen) atoms. The molecule has 2 saturated heterocycles. The van der Waals surface area contributed by atoms with E-state index in [4.69, 9.17) is 4.74 Å². The Morgan fingerprint density at radius 3 is 2.81 bits per heavy atom. The molecule has 2 aliphatic rings. The van der Waals surface area contributed by atoms with Crippen LogP contribution in [0.25, 0.3) is 10.9 Å². The lowest BCUT2D eigenvalue weighted by atomic mass is 9.89. The molecule has 0 bridgehead atoms. The summed E-state index contributed by atoms with van der Waals surface area (Å²) in [6, 6.07) is 8.49. The highest BCUT2D eigenvalue weighted by Crippen LogP contribution is 2.30. The van der Waals surface area contributed by atoms with E-state index in [1.165, 1.54) is 16.5 Å². The summed E-state index contributed by atoms with van der Waals surface area (Å²) in [5, 5.41) is 4.38. The summed E-state index contributed by atoms with van der Waals surface area (Å²) < 4.78 is 6.19. The molecule has 142 valence electrons. The highest BCUT2D eigenvalue weighted by Gasteiger charge is 2.42. The number of piperidine rings is 1. The number of aromatic nitrogens is 1. The number of rotatable bonds is 4. The Hall–Kier alpha value is -1.56. The summed E-state index contributed by atoms with van der Waals surface area (Å²) in [5.74, 6) is 0.0508. The Bertz CT molecular complexity index is 752. The number of benzene rings is 1. The monoisotopic (exact) mass is 377 g/mol. The van der Waals surface area contributed by atoms with Crippen molar-refractivity contribution in [3.63, 3.8) is 0 Å². The Balaban J connectivity index is 0.00000196. The number of halogens is 1. The number of aromatic amines is 1. The van der Waals surface area contributed by atoms with Crippen molar-refractivity contribution < 1.29 is 9.53 Å². The molecule has 2 fully saturated rings. The molecule has 2 aliphatic heterocycles. The second-order valence-electron chi connectivity index (χ2n) is 7.37. The molecule has 1 amide bonds. The van der Waals surface area contributed by atoms with Gasteiger partial charge in [-0.25, -0.2) is 0 Å². The molecule has 0 radical (unpaired) electrons. The molecule has 1 aromatic carbocycles. The van der Waals surface area contributed by atoms with Crippen molar-refractivity contribution in [3.8, 4) is 0 Å². The van der Waals surface area contributed by atoms with Crippen LogP contribution in [-0.2, 0) is 16.0 Å². The van der Waals surface area contributed by atoms with Gasteiger partial charge >= 0.3 is 0 Å². The lowest BCUT2D eigenvalue weighted by Crippen LogP contribution is -2.60. The summed E-state index contributed by atoms with van der Waals surface area (Å²) in [6.45, 7) is 5.82. The first-order chi connectivity index (χ1) is 12.2. The third-order valence-corrected chi connectivity index (χ3v) is 5.78. The summed E-state index contributed by atoms with van der Waals surface area (Å²) in [5.41, 5.74) is 2.46. The van der Waals surface area contributed by atoms with E-state index in [0.717, 1.165) is 45.3 Å². The van der Waals surface area contributed by atoms with Gasteiger partial charge in [-0.3, -0.25) is 4.79 Å². The predicted octanol–water partition coefficient (Wildman–Crippen LogP) is 2.89. The highest BCUT2D eigenvalue weighted by atomic mass is 35.5. The van der Waals surface area contributed by atoms with E-state index in [-0.39, 0.29) is 30.0 Å². The third kappa shape index (κ3) is 3.75. The van der Waals surface area contributed by atoms with Gasteiger partial charge in [-0.05, 0) is 37.3 Å². The number of carbonyl (C=O) groups excluding carboxylic acids is 1. The fourth-order valence-corrected chi connectivity index (χ4v) is 4.12. The molecule has 0 saturated carbocycles. The molecule has 1 unspecified atom stereocenters. The molecular formula is C20H28ClN3O2. The molecule has 1 spiro atoms. The lowest BCUT2D eigenvalue weighted by molar-refractivity contribution is -0.170. The van der Waals surface area contributed by atoms with E-state index in [1.54, 1.807) is 0 Å². The quantitative estimate of drug-likeness (QED) is 0.861. The SMILES string of the molecule is CCC1OC2(CCN(CCc3c[nH]c4ccccc34)CC2)CNC1=O.Cl. The van der Waals surface area contributed by atoms with Crippen LogP contribution in [0.3, 0.4) is 0 Å². The molecular weight excluding hydrogens is 350 g/mol. The van der Waals surface area contributed by atoms with Gasteiger partial charge in [0.1, 0.15) is 6.10 Å². The summed E-state index contributed by atoms with van der Waals surface area (Å²) in [6.07, 6.45) is 5.67. The zero-order valence-electron chi connectivity index (χ0n) is 15.3. The van der Waals surface area contributed by atoms with E-state index in [2.05, 4.69) is 45.7 Å². The minimum absolute atomic E-state index is 0. The first kappa shape index (κ1) is 19.2. The van der Waals surface area contributed by atoms with Crippen molar-refractivity contribution in [2.45, 2.75) is 44.3 Å². The molecule has 5 nitrogen and oxygen atoms in total. The van der Waals surface area contributed by atoms with Gasteiger partial charge in [0.2, 0.25) is 5.91 Å². The molecule has 0 aliphatic carbocycles. The average Bonchev–Trinajstić information content (AvgIpc) is 3.07. The van der Waals surface area contributed by atoms with Crippen LogP contribution < -0.4 is 5.32 Å². The number of hydrogen-bond donors (Lipinski definition) is 2. The minimum Gasteiger partial charge on any atom is -0.361 e. The Kier molecular flexibility index (Phi) is 5.90. The maximum Gasteiger partial charge on any atom is 0.249 e. The van der Waals surface area contributed by atoms with Crippen LogP contribution in [0.5, 0.6) is 0 Å². The maximum atomic E-state index is 11.8. The molecule has 2 aromatic rings. The number of nitrogens with zero attached hydrogens (tertiary/aromatic N) is 1. The van der Waals surface area contributed by atoms with Crippen molar-refractivity contribution in [1.29, 1.82) is 0 Å². The first-order valence-electron chi connectivity index (χ1n) is 9.42. The second-order valence-corrected chi connectivity index (χ2v) is 7.37. The molecule has 2 N–H and O–H groups in total. The van der Waals surface area contributed by atoms with Crippen LogP contribution in [0, 0.1) is 0 Å². The Labute approximate surface area is 160 Å². The van der Waals surface area contributed by atoms with Crippen molar-refractivity contribution >= 4 is 29.2 Å². The molecule has 1 atom stereocenters. The van der Waals surface area contributed by atoms with Crippen LogP contribution >= 0.6 is 12.4 Å². The number of hydrogen-bond acceptors (Lipinski definition) is 3. The fraction of sp³-hybridized carbons (Fsp3) is 0.550. The van der Waals surface area contributed by atoms with E-state index in [1.807, 2.05) is 6.92 Å². The van der Waals surface area contributed by atoms with E-state index >= 15 is 0 Å². The number of carbonyl (C=O) groups is 1. The van der Waals surface area contributed by atoms with Crippen molar-refractivity contribution in [2.24, 2.45) is 0 Å². The minimum atomic E-state index is -0.272. The van der Waals surface area contributed by atoms with Crippen LogP contribution in [0.1, 0.15) is 31.7 Å². The molecule has 1 aromatic heterocycles. The van der Waals surface area contributed by atoms with Gasteiger partial charge in [-0.15, -0.1) is 12.4 Å². The Morgan fingerprint density at radius 1 is 1.27 bits per heavy atom. The van der Waals surface area contributed by atoms with Gasteiger partial charge in [0, 0.05) is 43.3 Å². The third-order valence-electron chi connectivity index (χ3n) is 5.78. The van der Waals surface area contributed by atoms with E-state index in [0.29, 0.717) is 6.54 Å². The zero-order chi connectivity index (χ0) is 17.3. The number of H-pyrrole nitrogens is 1. The maximum absolute atomic E-state index is 11.8. The number of amides is 1. The Morgan fingerprint density at radius 2 is 2.04 bits per heavy atom. The highest BCUT2D eigenvalue weighted by molar-refractivity contribution is 5.85. The van der Waals surface area contributed by atoms with Gasteiger partial charge < -0.3 is 19.9 Å². The fourth-order valence-electron chi connectivity index (χ4n) is 4.12. The number of ether oxygens (including phenoxy) is 1. The van der Waals surface area contributed by atoms with E-state index in [9.17, 15) is 4.79 Å². The van der Waals surface area contributed by atoms with Gasteiger partial charge in [0.15, 0.2) is 0 Å². The standard InChI is InChI=1S/C20H27N3O2.ClH/c1-2-18-19(24)22-14-20(25-18)8-11-23(12-9-20)10-7-15-13-21-17-6-4-3-5-16(15)17;/h3-6,13,18,21H,2,7-12,14H2,1H3,(H,22,24);1H. The smallest absolute Gasteiger partial charge is 0.249 e. The van der Waals surface area contributed by atoms with Crippen LogP contribution in [-0.4, -0.2) is 53.7 Å². The zero-order valence-corrected chi connectivity index (χ0v) is 16.1. The van der Waals surface area contributed by atoms with E-state index < -0.39 is 0 Å². The molecule has 3 heterocycles. The number of morpholine rings is 1. The van der Waals surface area contributed by atoms with Crippen LogP contribution in [0.15, 0.2) is 30.5 Å². The summed E-state index contributed by atoms with van der Waals surface area (Å²) in [4.78, 5) is 17.7. The largest absolute Gasteiger partial charge is 0.361 e. The van der Waals surface area contributed by atoms with Crippen molar-refractivity contribution in [3.05, 3.63) is 36.0 Å². The normalized spacial score (nSPS) is 23.0. The van der Waals surface area contributed by atoms with Gasteiger partial charge in [-0.2, -0.15) is 0 Å². The topological polar surface area (TPSA) is 57.4 Å². The van der Waals surface area contributed by atoms with Crippen LogP contribution in [0.4, 0.5) is 0 Å². The van der Waals surface area contributed by atoms with Crippen molar-refractivity contribution in [2.75, 3.05) is 26.2 Å². The van der Waals surface area contributed by atoms with Gasteiger partial charge in [-0.1, -0.05) is 25.1 Å². The van der Waals surface area contributed by atoms with Gasteiger partial charge in [0.05, 0.1) is 5.60 Å². The number of nitrogens with one attached hydrogen (secondary N) is 2. The molecule has 6 heteroatoms. The number of likely N-dealkylation sites (tertiary alicyclic amines) is 1. The van der Waals surface area contributed by atoms with Crippen molar-refractivity contribution in [1.82, 2.24) is 15.2 Å². The van der Waals surface area contributed by atoms with Crippen LogP contribution in [0.2, 0.25) is 0 Å². The lowest BCUT2D eigenvalue weighted by Gasteiger charge is -2.46.